The molecule has 2 saturated heterocycles. The molecule has 0 radical (unpaired) electrons. The minimum absolute atomic E-state index is 0.0606. The summed E-state index contributed by atoms with van der Waals surface area (Å²) in [7, 11) is 0. The Hall–Kier alpha value is -4.44. The summed E-state index contributed by atoms with van der Waals surface area (Å²) in [4.78, 5) is 54.1. The van der Waals surface area contributed by atoms with Crippen molar-refractivity contribution in [3.8, 4) is 0 Å². The molecule has 1 atom stereocenters. The molecule has 3 aromatic rings. The highest BCUT2D eigenvalue weighted by Gasteiger charge is 2.33. The molecule has 48 heavy (non-hydrogen) atoms. The first-order valence-corrected chi connectivity index (χ1v) is 17.6. The van der Waals surface area contributed by atoms with Crippen molar-refractivity contribution < 1.29 is 19.2 Å². The Morgan fingerprint density at radius 2 is 1.65 bits per heavy atom. The topological polar surface area (TPSA) is 107 Å². The minimum Gasteiger partial charge on any atom is -0.351 e. The number of aryl methyl sites for hydroxylation is 2. The number of carbonyl (C=O) groups excluding carboxylic acids is 3. The third-order valence-electron chi connectivity index (χ3n) is 10.3. The fourth-order valence-electron chi connectivity index (χ4n) is 7.47. The smallest absolute Gasteiger partial charge is 0.351 e. The molecule has 6 rings (SSSR count). The van der Waals surface area contributed by atoms with Gasteiger partial charge in [0.2, 0.25) is 5.91 Å². The number of hydrogen-bond acceptors (Lipinski definition) is 6. The Morgan fingerprint density at radius 3 is 2.38 bits per heavy atom. The van der Waals surface area contributed by atoms with Crippen molar-refractivity contribution in [1.82, 2.24) is 25.2 Å². The second kappa shape index (κ2) is 15.6. The largest absolute Gasteiger partial charge is 0.426 e. The molecular weight excluding hydrogens is 604 g/mol. The summed E-state index contributed by atoms with van der Waals surface area (Å²) < 4.78 is 0. The molecule has 2 aromatic carbocycles. The maximum atomic E-state index is 14.0. The van der Waals surface area contributed by atoms with Crippen molar-refractivity contribution in [2.45, 2.75) is 83.2 Å². The number of piperidine rings is 2. The lowest BCUT2D eigenvalue weighted by atomic mass is 9.89. The summed E-state index contributed by atoms with van der Waals surface area (Å²) in [6.07, 6.45) is 9.19. The van der Waals surface area contributed by atoms with Crippen LogP contribution in [-0.4, -0.2) is 82.7 Å². The monoisotopic (exact) mass is 652 g/mol. The van der Waals surface area contributed by atoms with Crippen LogP contribution in [0.15, 0.2) is 67.0 Å². The van der Waals surface area contributed by atoms with Crippen LogP contribution in [0.4, 0.5) is 15.3 Å². The molecule has 3 aliphatic heterocycles. The van der Waals surface area contributed by atoms with E-state index in [9.17, 15) is 14.4 Å². The highest BCUT2D eigenvalue weighted by atomic mass is 16.7. The van der Waals surface area contributed by atoms with E-state index in [1.165, 1.54) is 16.7 Å². The maximum absolute atomic E-state index is 14.0. The number of benzene rings is 2. The lowest BCUT2D eigenvalue weighted by molar-refractivity contribution is -0.136. The van der Waals surface area contributed by atoms with Gasteiger partial charge in [-0.2, -0.15) is 0 Å². The van der Waals surface area contributed by atoms with Crippen LogP contribution in [0.5, 0.6) is 0 Å². The molecule has 254 valence electrons. The fraction of sp³-hybridized carbons (Fsp3) is 0.474. The van der Waals surface area contributed by atoms with Crippen LogP contribution in [-0.2, 0) is 35.3 Å². The molecule has 2 fully saturated rings. The first-order chi connectivity index (χ1) is 23.4. The van der Waals surface area contributed by atoms with Gasteiger partial charge in [0.15, 0.2) is 0 Å². The van der Waals surface area contributed by atoms with Gasteiger partial charge >= 0.3 is 12.1 Å². The van der Waals surface area contributed by atoms with E-state index >= 15 is 0 Å². The molecule has 4 amide bonds. The summed E-state index contributed by atoms with van der Waals surface area (Å²) in [6.45, 7) is 7.23. The van der Waals surface area contributed by atoms with Gasteiger partial charge in [-0.15, -0.1) is 5.06 Å². The van der Waals surface area contributed by atoms with Crippen molar-refractivity contribution in [3.63, 3.8) is 0 Å². The number of fused-ring (bicyclic) bond motifs is 1. The summed E-state index contributed by atoms with van der Waals surface area (Å²) in [5, 5.41) is 7.65. The number of amides is 4. The molecule has 0 aliphatic carbocycles. The van der Waals surface area contributed by atoms with Gasteiger partial charge in [0.25, 0.3) is 0 Å². The molecule has 0 spiro atoms. The number of urea groups is 1. The Morgan fingerprint density at radius 1 is 0.917 bits per heavy atom. The van der Waals surface area contributed by atoms with Crippen LogP contribution >= 0.6 is 0 Å². The Labute approximate surface area is 283 Å². The van der Waals surface area contributed by atoms with Gasteiger partial charge in [-0.05, 0) is 96.9 Å². The number of hydroxylamine groups is 2. The number of anilines is 1. The molecule has 1 aromatic heterocycles. The Bertz CT molecular complexity index is 1570. The zero-order valence-corrected chi connectivity index (χ0v) is 28.2. The quantitative estimate of drug-likeness (QED) is 0.306. The van der Waals surface area contributed by atoms with E-state index < -0.39 is 12.1 Å². The predicted molar refractivity (Wildman–Crippen MR) is 186 cm³/mol. The lowest BCUT2D eigenvalue weighted by Gasteiger charge is -2.37. The van der Waals surface area contributed by atoms with Gasteiger partial charge in [0, 0.05) is 63.3 Å². The molecule has 3 aliphatic rings. The Kier molecular flexibility index (Phi) is 10.9. The molecule has 2 N–H and O–H groups in total. The third kappa shape index (κ3) is 7.98. The number of aromatic nitrogens is 1. The van der Waals surface area contributed by atoms with Gasteiger partial charge in [0.1, 0.15) is 6.04 Å². The predicted octanol–water partition coefficient (Wildman–Crippen LogP) is 5.72. The molecule has 0 bridgehead atoms. The number of para-hydroxylation sites is 1. The highest BCUT2D eigenvalue weighted by molar-refractivity contribution is 5.91. The van der Waals surface area contributed by atoms with Crippen LogP contribution in [0.1, 0.15) is 73.3 Å². The van der Waals surface area contributed by atoms with E-state index in [0.717, 1.165) is 48.9 Å². The van der Waals surface area contributed by atoms with E-state index in [4.69, 9.17) is 4.84 Å². The lowest BCUT2D eigenvalue weighted by Crippen LogP contribution is -2.53. The van der Waals surface area contributed by atoms with E-state index in [0.29, 0.717) is 57.9 Å². The zero-order valence-electron chi connectivity index (χ0n) is 28.2. The number of pyridine rings is 1. The molecule has 10 nitrogen and oxygen atoms in total. The summed E-state index contributed by atoms with van der Waals surface area (Å²) in [6, 6.07) is 17.7. The number of nitrogens with zero attached hydrogens (tertiary/aromatic N) is 4. The second-order valence-electron chi connectivity index (χ2n) is 13.2. The minimum atomic E-state index is -0.743. The van der Waals surface area contributed by atoms with Crippen molar-refractivity contribution in [1.29, 1.82) is 0 Å². The molecule has 4 heterocycles. The van der Waals surface area contributed by atoms with E-state index in [-0.39, 0.29) is 18.0 Å². The number of rotatable bonds is 9. The second-order valence-corrected chi connectivity index (χ2v) is 13.2. The summed E-state index contributed by atoms with van der Waals surface area (Å²) in [5.41, 5.74) is 6.86. The van der Waals surface area contributed by atoms with Crippen LogP contribution in [0.2, 0.25) is 0 Å². The van der Waals surface area contributed by atoms with Gasteiger partial charge in [-0.3, -0.25) is 9.78 Å². The zero-order chi connectivity index (χ0) is 33.5. The normalized spacial score (nSPS) is 18.4. The number of hydrogen-bond donors (Lipinski definition) is 2. The van der Waals surface area contributed by atoms with E-state index in [2.05, 4.69) is 65.9 Å². The third-order valence-corrected chi connectivity index (χ3v) is 10.3. The van der Waals surface area contributed by atoms with Gasteiger partial charge < -0.3 is 25.3 Å². The molecule has 0 unspecified atom stereocenters. The van der Waals surface area contributed by atoms with Crippen LogP contribution in [0.3, 0.4) is 0 Å². The first kappa shape index (κ1) is 33.5. The summed E-state index contributed by atoms with van der Waals surface area (Å²) >= 11 is 0. The number of carbonyl (C=O) groups is 3. The molecular formula is C38H48N6O4. The van der Waals surface area contributed by atoms with Gasteiger partial charge in [-0.25, -0.2) is 9.59 Å². The first-order valence-electron chi connectivity index (χ1n) is 17.6. The van der Waals surface area contributed by atoms with Gasteiger partial charge in [0.05, 0.1) is 0 Å². The standard InChI is InChI=1S/C38H48N6O4/c1-3-28-10-9-27(25-29(28)4-2)26-35(36(45)42-20-13-31(14-21-42)30-11-18-39-19-12-30)41-38(47)48-43-22-16-33(17-23-43)44-24-15-32-7-5-6-8-34(32)40-37(44)46/h5-12,18-19,25,31,33,35H,3-4,13-17,20-24,26H2,1-2H3,(H,40,46)(H,41,47)/t35-/m1/s1. The van der Waals surface area contributed by atoms with E-state index in [1.807, 2.05) is 40.4 Å². The number of likely N-dealkylation sites (tertiary alicyclic amines) is 1. The number of nitrogens with one attached hydrogen (secondary N) is 2. The summed E-state index contributed by atoms with van der Waals surface area (Å²) in [5.74, 6) is 0.311. The average Bonchev–Trinajstić information content (AvgIpc) is 3.29. The molecule has 0 saturated carbocycles. The maximum Gasteiger partial charge on any atom is 0.426 e. The van der Waals surface area contributed by atoms with Crippen molar-refractivity contribution >= 4 is 23.7 Å². The fourth-order valence-corrected chi connectivity index (χ4v) is 7.47. The van der Waals surface area contributed by atoms with Crippen molar-refractivity contribution in [2.75, 3.05) is 38.0 Å². The SMILES string of the molecule is CCc1ccc(C[C@@H](NC(=O)ON2CCC(N3CCc4ccccc4NC3=O)CC2)C(=O)N2CCC(c3ccncc3)CC2)cc1CC. The average molecular weight is 653 g/mol. The Balaban J connectivity index is 1.07. The van der Waals surface area contributed by atoms with Crippen LogP contribution in [0, 0.1) is 0 Å². The highest BCUT2D eigenvalue weighted by Crippen LogP contribution is 2.28. The van der Waals surface area contributed by atoms with Crippen LogP contribution in [0.25, 0.3) is 0 Å². The van der Waals surface area contributed by atoms with Crippen LogP contribution < -0.4 is 10.6 Å². The van der Waals surface area contributed by atoms with E-state index in [1.54, 1.807) is 5.06 Å². The van der Waals surface area contributed by atoms with Crippen molar-refractivity contribution in [3.05, 3.63) is 94.8 Å². The van der Waals surface area contributed by atoms with Gasteiger partial charge in [-0.1, -0.05) is 50.2 Å². The van der Waals surface area contributed by atoms with Crippen molar-refractivity contribution in [2.24, 2.45) is 0 Å². The molecule has 10 heteroatoms.